The van der Waals surface area contributed by atoms with Crippen molar-refractivity contribution >= 4 is 17.2 Å². The molecule has 0 N–H and O–H groups in total. The van der Waals surface area contributed by atoms with Crippen LogP contribution < -0.4 is 0 Å². The maximum Gasteiger partial charge on any atom is 0.170 e. The minimum Gasteiger partial charge on any atom is -0.296 e. The number of para-hydroxylation sites is 1. The third-order valence-corrected chi connectivity index (χ3v) is 2.65. The average Bonchev–Trinajstić information content (AvgIpc) is 3.00. The van der Waals surface area contributed by atoms with Gasteiger partial charge in [-0.1, -0.05) is 18.2 Å². The molecule has 1 heterocycles. The van der Waals surface area contributed by atoms with Crippen molar-refractivity contribution in [1.29, 1.82) is 0 Å². The lowest BCUT2D eigenvalue weighted by molar-refractivity contribution is 0.111. The Labute approximate surface area is 81.3 Å². The van der Waals surface area contributed by atoms with E-state index in [0.29, 0.717) is 11.7 Å². The van der Waals surface area contributed by atoms with Crippen molar-refractivity contribution in [2.24, 2.45) is 0 Å². The smallest absolute Gasteiger partial charge is 0.170 e. The van der Waals surface area contributed by atoms with Gasteiger partial charge in [-0.3, -0.25) is 9.48 Å². The van der Waals surface area contributed by atoms with Gasteiger partial charge in [-0.05, 0) is 18.9 Å². The Hall–Kier alpha value is -1.64. The van der Waals surface area contributed by atoms with Gasteiger partial charge in [0.15, 0.2) is 6.29 Å². The third kappa shape index (κ3) is 0.985. The molecule has 3 nitrogen and oxygen atoms in total. The van der Waals surface area contributed by atoms with Gasteiger partial charge in [0.1, 0.15) is 5.69 Å². The van der Waals surface area contributed by atoms with E-state index in [0.717, 1.165) is 17.2 Å². The fourth-order valence-electron chi connectivity index (χ4n) is 1.80. The Balaban J connectivity index is 2.33. The lowest BCUT2D eigenvalue weighted by Gasteiger charge is -1.97. The SMILES string of the molecule is O=Cc1nn(C2CC2)c2ccccc12. The van der Waals surface area contributed by atoms with Crippen molar-refractivity contribution < 1.29 is 4.79 Å². The molecule has 0 bridgehead atoms. The fourth-order valence-corrected chi connectivity index (χ4v) is 1.80. The van der Waals surface area contributed by atoms with E-state index in [1.54, 1.807) is 0 Å². The second-order valence-corrected chi connectivity index (χ2v) is 3.70. The normalized spacial score (nSPS) is 16.0. The van der Waals surface area contributed by atoms with Crippen molar-refractivity contribution in [1.82, 2.24) is 9.78 Å². The van der Waals surface area contributed by atoms with Crippen LogP contribution in [0.1, 0.15) is 29.4 Å². The fraction of sp³-hybridized carbons (Fsp3) is 0.273. The van der Waals surface area contributed by atoms with Gasteiger partial charge in [0.25, 0.3) is 0 Å². The molecular weight excluding hydrogens is 176 g/mol. The molecule has 2 aromatic rings. The van der Waals surface area contributed by atoms with E-state index in [-0.39, 0.29) is 0 Å². The van der Waals surface area contributed by atoms with Crippen LogP contribution in [0.15, 0.2) is 24.3 Å². The van der Waals surface area contributed by atoms with Gasteiger partial charge in [0.2, 0.25) is 0 Å². The highest BCUT2D eigenvalue weighted by atomic mass is 16.1. The monoisotopic (exact) mass is 186 g/mol. The molecule has 0 amide bonds. The van der Waals surface area contributed by atoms with Gasteiger partial charge in [-0.25, -0.2) is 0 Å². The summed E-state index contributed by atoms with van der Waals surface area (Å²) < 4.78 is 1.99. The molecule has 0 aliphatic heterocycles. The van der Waals surface area contributed by atoms with Crippen LogP contribution in [0.4, 0.5) is 0 Å². The second-order valence-electron chi connectivity index (χ2n) is 3.70. The van der Waals surface area contributed by atoms with Gasteiger partial charge in [0.05, 0.1) is 11.6 Å². The van der Waals surface area contributed by atoms with Gasteiger partial charge in [0, 0.05) is 5.39 Å². The molecule has 1 aliphatic carbocycles. The molecule has 0 unspecified atom stereocenters. The lowest BCUT2D eigenvalue weighted by atomic mass is 10.2. The van der Waals surface area contributed by atoms with E-state index in [2.05, 4.69) is 5.10 Å². The summed E-state index contributed by atoms with van der Waals surface area (Å²) in [5.74, 6) is 0. The quantitative estimate of drug-likeness (QED) is 0.674. The van der Waals surface area contributed by atoms with Crippen LogP contribution in [0.25, 0.3) is 10.9 Å². The van der Waals surface area contributed by atoms with Crippen LogP contribution in [0.5, 0.6) is 0 Å². The molecular formula is C11H10N2O. The van der Waals surface area contributed by atoms with Crippen LogP contribution in [0.3, 0.4) is 0 Å². The van der Waals surface area contributed by atoms with E-state index in [4.69, 9.17) is 0 Å². The first-order valence-electron chi connectivity index (χ1n) is 4.82. The Morgan fingerprint density at radius 2 is 2.14 bits per heavy atom. The molecule has 3 rings (SSSR count). The minimum absolute atomic E-state index is 0.522. The zero-order valence-electron chi connectivity index (χ0n) is 7.68. The standard InChI is InChI=1S/C11H10N2O/c14-7-10-9-3-1-2-4-11(9)13(12-10)8-5-6-8/h1-4,7-8H,5-6H2. The minimum atomic E-state index is 0.522. The summed E-state index contributed by atoms with van der Waals surface area (Å²) in [5.41, 5.74) is 1.64. The van der Waals surface area contributed by atoms with Crippen molar-refractivity contribution in [3.63, 3.8) is 0 Å². The first-order valence-corrected chi connectivity index (χ1v) is 4.82. The highest BCUT2D eigenvalue weighted by Crippen LogP contribution is 2.37. The Morgan fingerprint density at radius 3 is 2.86 bits per heavy atom. The first kappa shape index (κ1) is 7.74. The van der Waals surface area contributed by atoms with Gasteiger partial charge >= 0.3 is 0 Å². The number of fused-ring (bicyclic) bond motifs is 1. The van der Waals surface area contributed by atoms with Crippen LogP contribution in [-0.2, 0) is 0 Å². The topological polar surface area (TPSA) is 34.9 Å². The summed E-state index contributed by atoms with van der Waals surface area (Å²) in [4.78, 5) is 10.8. The molecule has 70 valence electrons. The van der Waals surface area contributed by atoms with Crippen LogP contribution in [0.2, 0.25) is 0 Å². The zero-order chi connectivity index (χ0) is 9.54. The Kier molecular flexibility index (Phi) is 1.48. The molecule has 1 aromatic heterocycles. The molecule has 0 radical (unpaired) electrons. The van der Waals surface area contributed by atoms with Crippen molar-refractivity contribution in [2.45, 2.75) is 18.9 Å². The average molecular weight is 186 g/mol. The lowest BCUT2D eigenvalue weighted by Crippen LogP contribution is -1.96. The van der Waals surface area contributed by atoms with Gasteiger partial charge in [-0.15, -0.1) is 0 Å². The summed E-state index contributed by atoms with van der Waals surface area (Å²) in [7, 11) is 0. The van der Waals surface area contributed by atoms with E-state index in [9.17, 15) is 4.79 Å². The van der Waals surface area contributed by atoms with Crippen LogP contribution >= 0.6 is 0 Å². The predicted molar refractivity (Wildman–Crippen MR) is 53.4 cm³/mol. The number of hydrogen-bond donors (Lipinski definition) is 0. The molecule has 14 heavy (non-hydrogen) atoms. The van der Waals surface area contributed by atoms with Crippen molar-refractivity contribution in [3.05, 3.63) is 30.0 Å². The second kappa shape index (κ2) is 2.67. The Morgan fingerprint density at radius 1 is 1.36 bits per heavy atom. The summed E-state index contributed by atoms with van der Waals surface area (Å²) >= 11 is 0. The Bertz CT molecular complexity index is 497. The number of hydrogen-bond acceptors (Lipinski definition) is 2. The number of aromatic nitrogens is 2. The maximum atomic E-state index is 10.8. The zero-order valence-corrected chi connectivity index (χ0v) is 7.68. The van der Waals surface area contributed by atoms with Crippen LogP contribution in [-0.4, -0.2) is 16.1 Å². The number of carbonyl (C=O) groups is 1. The molecule has 1 aromatic carbocycles. The number of rotatable bonds is 2. The number of benzene rings is 1. The molecule has 0 spiro atoms. The third-order valence-electron chi connectivity index (χ3n) is 2.65. The van der Waals surface area contributed by atoms with Crippen molar-refractivity contribution in [2.75, 3.05) is 0 Å². The van der Waals surface area contributed by atoms with E-state index in [1.165, 1.54) is 12.8 Å². The number of nitrogens with zero attached hydrogens (tertiary/aromatic N) is 2. The highest BCUT2D eigenvalue weighted by Gasteiger charge is 2.26. The molecule has 1 saturated carbocycles. The molecule has 3 heteroatoms. The highest BCUT2D eigenvalue weighted by molar-refractivity contribution is 5.95. The van der Waals surface area contributed by atoms with Gasteiger partial charge < -0.3 is 0 Å². The van der Waals surface area contributed by atoms with E-state index in [1.807, 2.05) is 28.9 Å². The van der Waals surface area contributed by atoms with Crippen LogP contribution in [0, 0.1) is 0 Å². The molecule has 1 fully saturated rings. The summed E-state index contributed by atoms with van der Waals surface area (Å²) in [6.07, 6.45) is 3.20. The maximum absolute atomic E-state index is 10.8. The van der Waals surface area contributed by atoms with Crippen molar-refractivity contribution in [3.8, 4) is 0 Å². The van der Waals surface area contributed by atoms with Gasteiger partial charge in [-0.2, -0.15) is 5.10 Å². The number of carbonyl (C=O) groups excluding carboxylic acids is 1. The van der Waals surface area contributed by atoms with E-state index < -0.39 is 0 Å². The summed E-state index contributed by atoms with van der Waals surface area (Å²) in [5, 5.41) is 5.29. The summed E-state index contributed by atoms with van der Waals surface area (Å²) in [6.45, 7) is 0. The summed E-state index contributed by atoms with van der Waals surface area (Å²) in [6, 6.07) is 8.42. The number of aldehydes is 1. The molecule has 1 aliphatic rings. The largest absolute Gasteiger partial charge is 0.296 e. The van der Waals surface area contributed by atoms with E-state index >= 15 is 0 Å². The molecule has 0 saturated heterocycles. The predicted octanol–water partition coefficient (Wildman–Crippen LogP) is 2.18. The molecule has 0 atom stereocenters. The first-order chi connectivity index (χ1) is 6.90.